The summed E-state index contributed by atoms with van der Waals surface area (Å²) in [5.41, 5.74) is 6.07. The van der Waals surface area contributed by atoms with Crippen LogP contribution in [0, 0.1) is 11.6 Å². The molecular formula is C13H7ClF2N2O. The number of fused-ring (bicyclic) bond motifs is 1. The highest BCUT2D eigenvalue weighted by Crippen LogP contribution is 2.31. The Morgan fingerprint density at radius 2 is 1.95 bits per heavy atom. The van der Waals surface area contributed by atoms with Crippen LogP contribution in [0.15, 0.2) is 34.7 Å². The molecule has 19 heavy (non-hydrogen) atoms. The fraction of sp³-hybridized carbons (Fsp3) is 0. The van der Waals surface area contributed by atoms with Crippen LogP contribution in [0.25, 0.3) is 22.6 Å². The van der Waals surface area contributed by atoms with Gasteiger partial charge in [0.05, 0.1) is 16.3 Å². The van der Waals surface area contributed by atoms with Crippen LogP contribution >= 0.6 is 11.6 Å². The van der Waals surface area contributed by atoms with Crippen LogP contribution < -0.4 is 5.73 Å². The zero-order valence-electron chi connectivity index (χ0n) is 9.45. The van der Waals surface area contributed by atoms with E-state index in [1.807, 2.05) is 0 Å². The minimum Gasteiger partial charge on any atom is -0.434 e. The van der Waals surface area contributed by atoms with Crippen molar-refractivity contribution in [1.29, 1.82) is 0 Å². The highest BCUT2D eigenvalue weighted by molar-refractivity contribution is 6.34. The monoisotopic (exact) mass is 280 g/mol. The fourth-order valence-electron chi connectivity index (χ4n) is 1.76. The molecule has 0 spiro atoms. The van der Waals surface area contributed by atoms with Gasteiger partial charge in [-0.3, -0.25) is 0 Å². The maximum absolute atomic E-state index is 13.7. The van der Waals surface area contributed by atoms with Gasteiger partial charge in [-0.2, -0.15) is 0 Å². The van der Waals surface area contributed by atoms with Crippen molar-refractivity contribution in [2.75, 3.05) is 5.73 Å². The Morgan fingerprint density at radius 3 is 2.68 bits per heavy atom. The molecule has 0 atom stereocenters. The minimum atomic E-state index is -0.824. The SMILES string of the molecule is Nc1cc(-c2nc3cccc(Cl)c3o2)c(F)cc1F. The Bertz CT molecular complexity index is 786. The summed E-state index contributed by atoms with van der Waals surface area (Å²) in [6.07, 6.45) is 0. The molecule has 0 unspecified atom stereocenters. The van der Waals surface area contributed by atoms with Gasteiger partial charge < -0.3 is 10.2 Å². The van der Waals surface area contributed by atoms with Crippen LogP contribution in [0.3, 0.4) is 0 Å². The number of aromatic nitrogens is 1. The van der Waals surface area contributed by atoms with Crippen LogP contribution in [0.1, 0.15) is 0 Å². The van der Waals surface area contributed by atoms with Gasteiger partial charge in [0, 0.05) is 6.07 Å². The summed E-state index contributed by atoms with van der Waals surface area (Å²) >= 11 is 5.94. The number of nitrogen functional groups attached to an aromatic ring is 1. The lowest BCUT2D eigenvalue weighted by Gasteiger charge is -2.01. The molecule has 0 bridgehead atoms. The highest BCUT2D eigenvalue weighted by Gasteiger charge is 2.16. The Morgan fingerprint density at radius 1 is 1.16 bits per heavy atom. The van der Waals surface area contributed by atoms with Crippen molar-refractivity contribution in [2.45, 2.75) is 0 Å². The number of nitrogens with two attached hydrogens (primary N) is 1. The largest absolute Gasteiger partial charge is 0.434 e. The van der Waals surface area contributed by atoms with Gasteiger partial charge in [0.2, 0.25) is 5.89 Å². The Labute approximate surface area is 111 Å². The predicted molar refractivity (Wildman–Crippen MR) is 68.8 cm³/mol. The number of hydrogen-bond acceptors (Lipinski definition) is 3. The minimum absolute atomic E-state index is 0.00676. The van der Waals surface area contributed by atoms with Crippen LogP contribution in [0.4, 0.5) is 14.5 Å². The van der Waals surface area contributed by atoms with E-state index in [2.05, 4.69) is 4.98 Å². The molecule has 3 nitrogen and oxygen atoms in total. The van der Waals surface area contributed by atoms with Crippen molar-refractivity contribution in [3.05, 3.63) is 47.0 Å². The maximum atomic E-state index is 13.7. The van der Waals surface area contributed by atoms with Crippen LogP contribution in [0.2, 0.25) is 5.02 Å². The number of halogens is 3. The molecular weight excluding hydrogens is 274 g/mol. The van der Waals surface area contributed by atoms with Crippen molar-refractivity contribution in [2.24, 2.45) is 0 Å². The average molecular weight is 281 g/mol. The molecule has 0 fully saturated rings. The molecule has 1 aromatic heterocycles. The number of nitrogens with zero attached hydrogens (tertiary/aromatic N) is 1. The summed E-state index contributed by atoms with van der Waals surface area (Å²) in [4.78, 5) is 4.11. The summed E-state index contributed by atoms with van der Waals surface area (Å²) in [6.45, 7) is 0. The topological polar surface area (TPSA) is 52.0 Å². The van der Waals surface area contributed by atoms with Crippen LogP contribution in [-0.4, -0.2) is 4.98 Å². The van der Waals surface area contributed by atoms with E-state index in [9.17, 15) is 8.78 Å². The predicted octanol–water partition coefficient (Wildman–Crippen LogP) is 4.01. The lowest BCUT2D eigenvalue weighted by molar-refractivity contribution is 0.574. The molecule has 3 aromatic rings. The third kappa shape index (κ3) is 1.92. The van der Waals surface area contributed by atoms with Gasteiger partial charge in [-0.15, -0.1) is 0 Å². The van der Waals surface area contributed by atoms with E-state index in [0.717, 1.165) is 6.07 Å². The number of benzene rings is 2. The summed E-state index contributed by atoms with van der Waals surface area (Å²) < 4.78 is 32.2. The van der Waals surface area contributed by atoms with E-state index in [1.165, 1.54) is 0 Å². The summed E-state index contributed by atoms with van der Waals surface area (Å²) in [5.74, 6) is -1.61. The number of hydrogen-bond donors (Lipinski definition) is 1. The molecule has 0 radical (unpaired) electrons. The number of oxazole rings is 1. The first-order valence-electron chi connectivity index (χ1n) is 5.36. The van der Waals surface area contributed by atoms with Crippen molar-refractivity contribution in [1.82, 2.24) is 4.98 Å². The third-order valence-electron chi connectivity index (χ3n) is 2.68. The van der Waals surface area contributed by atoms with Gasteiger partial charge in [-0.1, -0.05) is 17.7 Å². The molecule has 1 heterocycles. The molecule has 6 heteroatoms. The zero-order chi connectivity index (χ0) is 13.6. The Kier molecular flexibility index (Phi) is 2.64. The average Bonchev–Trinajstić information content (AvgIpc) is 2.79. The number of anilines is 1. The molecule has 0 amide bonds. The molecule has 0 aliphatic carbocycles. The molecule has 3 rings (SSSR count). The van der Waals surface area contributed by atoms with E-state index >= 15 is 0 Å². The normalized spacial score (nSPS) is 11.1. The van der Waals surface area contributed by atoms with E-state index in [4.69, 9.17) is 21.8 Å². The van der Waals surface area contributed by atoms with Gasteiger partial charge in [0.15, 0.2) is 5.58 Å². The van der Waals surface area contributed by atoms with E-state index < -0.39 is 11.6 Å². The fourth-order valence-corrected chi connectivity index (χ4v) is 1.97. The molecule has 2 aromatic carbocycles. The van der Waals surface area contributed by atoms with Gasteiger partial charge in [0.1, 0.15) is 17.2 Å². The number of rotatable bonds is 1. The number of para-hydroxylation sites is 1. The van der Waals surface area contributed by atoms with E-state index in [1.54, 1.807) is 18.2 Å². The summed E-state index contributed by atoms with van der Waals surface area (Å²) in [6, 6.07) is 6.85. The lowest BCUT2D eigenvalue weighted by atomic mass is 10.2. The van der Waals surface area contributed by atoms with Crippen molar-refractivity contribution in [3.8, 4) is 11.5 Å². The van der Waals surface area contributed by atoms with Gasteiger partial charge in [-0.05, 0) is 18.2 Å². The maximum Gasteiger partial charge on any atom is 0.230 e. The van der Waals surface area contributed by atoms with E-state index in [-0.39, 0.29) is 17.1 Å². The molecule has 0 aliphatic rings. The first kappa shape index (κ1) is 11.9. The molecule has 0 saturated heterocycles. The van der Waals surface area contributed by atoms with Crippen molar-refractivity contribution < 1.29 is 13.2 Å². The second-order valence-electron chi connectivity index (χ2n) is 3.96. The first-order valence-corrected chi connectivity index (χ1v) is 5.74. The van der Waals surface area contributed by atoms with Crippen LogP contribution in [-0.2, 0) is 0 Å². The standard InChI is InChI=1S/C13H7ClF2N2O/c14-7-2-1-3-11-12(7)19-13(18-11)6-4-10(17)9(16)5-8(6)15/h1-5H,17H2. The Balaban J connectivity index is 2.25. The van der Waals surface area contributed by atoms with Gasteiger partial charge in [0.25, 0.3) is 0 Å². The van der Waals surface area contributed by atoms with Gasteiger partial charge in [-0.25, -0.2) is 13.8 Å². The molecule has 0 saturated carbocycles. The molecule has 0 aliphatic heterocycles. The summed E-state index contributed by atoms with van der Waals surface area (Å²) in [7, 11) is 0. The first-order chi connectivity index (χ1) is 9.06. The lowest BCUT2D eigenvalue weighted by Crippen LogP contribution is -1.94. The van der Waals surface area contributed by atoms with E-state index in [0.29, 0.717) is 22.2 Å². The van der Waals surface area contributed by atoms with Gasteiger partial charge >= 0.3 is 0 Å². The van der Waals surface area contributed by atoms with Crippen molar-refractivity contribution >= 4 is 28.4 Å². The third-order valence-corrected chi connectivity index (χ3v) is 2.98. The summed E-state index contributed by atoms with van der Waals surface area (Å²) in [5, 5.41) is 0.367. The van der Waals surface area contributed by atoms with Crippen molar-refractivity contribution in [3.63, 3.8) is 0 Å². The molecule has 96 valence electrons. The second-order valence-corrected chi connectivity index (χ2v) is 4.37. The smallest absolute Gasteiger partial charge is 0.230 e. The second kappa shape index (κ2) is 4.20. The highest BCUT2D eigenvalue weighted by atomic mass is 35.5. The van der Waals surface area contributed by atoms with Crippen LogP contribution in [0.5, 0.6) is 0 Å². The Hall–Kier alpha value is -2.14. The zero-order valence-corrected chi connectivity index (χ0v) is 10.2. The molecule has 2 N–H and O–H groups in total. The quantitative estimate of drug-likeness (QED) is 0.685.